The van der Waals surface area contributed by atoms with Gasteiger partial charge in [-0.25, -0.2) is 9.97 Å². The molecule has 0 saturated heterocycles. The zero-order valence-corrected chi connectivity index (χ0v) is 11.8. The van der Waals surface area contributed by atoms with Gasteiger partial charge in [-0.05, 0) is 13.3 Å². The van der Waals surface area contributed by atoms with Crippen molar-refractivity contribution in [1.82, 2.24) is 29.8 Å². The highest BCUT2D eigenvalue weighted by atomic mass is 32.1. The Bertz CT molecular complexity index is 836. The Kier molecular flexibility index (Phi) is 3.44. The third kappa shape index (κ3) is 2.65. The Morgan fingerprint density at radius 1 is 1.52 bits per heavy atom. The first kappa shape index (κ1) is 13.4. The van der Waals surface area contributed by atoms with Gasteiger partial charge in [-0.2, -0.15) is 4.52 Å². The second-order valence-corrected chi connectivity index (χ2v) is 5.13. The second kappa shape index (κ2) is 5.40. The van der Waals surface area contributed by atoms with E-state index in [-0.39, 0.29) is 17.9 Å². The van der Waals surface area contributed by atoms with Crippen molar-refractivity contribution in [2.45, 2.75) is 19.8 Å². The number of aromatic amines is 1. The van der Waals surface area contributed by atoms with Crippen molar-refractivity contribution in [3.05, 3.63) is 33.4 Å². The molecule has 0 atom stereocenters. The molecular weight excluding hydrogens is 294 g/mol. The van der Waals surface area contributed by atoms with E-state index in [0.717, 1.165) is 0 Å². The van der Waals surface area contributed by atoms with E-state index in [1.807, 2.05) is 0 Å². The molecule has 9 nitrogen and oxygen atoms in total. The van der Waals surface area contributed by atoms with Crippen molar-refractivity contribution >= 4 is 28.2 Å². The molecule has 3 aromatic heterocycles. The summed E-state index contributed by atoms with van der Waals surface area (Å²) < 4.78 is 1.25. The van der Waals surface area contributed by atoms with Crippen LogP contribution in [0.5, 0.6) is 0 Å². The summed E-state index contributed by atoms with van der Waals surface area (Å²) in [6, 6.07) is 0. The molecule has 0 spiro atoms. The van der Waals surface area contributed by atoms with Gasteiger partial charge in [-0.3, -0.25) is 14.7 Å². The number of fused-ring (bicyclic) bond motifs is 1. The number of hydrogen-bond acceptors (Lipinski definition) is 7. The summed E-state index contributed by atoms with van der Waals surface area (Å²) in [7, 11) is 0. The largest absolute Gasteiger partial charge is 0.301 e. The third-order valence-electron chi connectivity index (χ3n) is 2.94. The molecule has 3 rings (SSSR count). The van der Waals surface area contributed by atoms with Gasteiger partial charge in [0, 0.05) is 12.0 Å². The number of amides is 1. The molecule has 10 heteroatoms. The Labute approximate surface area is 122 Å². The molecule has 108 valence electrons. The van der Waals surface area contributed by atoms with Gasteiger partial charge in [0.1, 0.15) is 11.8 Å². The molecule has 2 N–H and O–H groups in total. The number of rotatable bonds is 4. The number of nitrogens with zero attached hydrogens (tertiary/aromatic N) is 5. The summed E-state index contributed by atoms with van der Waals surface area (Å²) in [5, 5.41) is 13.1. The lowest BCUT2D eigenvalue weighted by atomic mass is 10.1. The van der Waals surface area contributed by atoms with E-state index in [4.69, 9.17) is 0 Å². The van der Waals surface area contributed by atoms with Crippen LogP contribution >= 0.6 is 11.3 Å². The van der Waals surface area contributed by atoms with Crippen LogP contribution in [0.3, 0.4) is 0 Å². The molecule has 21 heavy (non-hydrogen) atoms. The maximum Gasteiger partial charge on any atom is 0.277 e. The van der Waals surface area contributed by atoms with Gasteiger partial charge in [0.2, 0.25) is 11.0 Å². The maximum atomic E-state index is 12.2. The first-order valence-corrected chi connectivity index (χ1v) is 7.01. The summed E-state index contributed by atoms with van der Waals surface area (Å²) in [4.78, 5) is 32.2. The minimum absolute atomic E-state index is 0.164. The maximum absolute atomic E-state index is 12.2. The predicted molar refractivity (Wildman–Crippen MR) is 75.2 cm³/mol. The normalized spacial score (nSPS) is 10.9. The van der Waals surface area contributed by atoms with Crippen LogP contribution in [0.15, 0.2) is 16.6 Å². The number of nitrogens with one attached hydrogen (secondary N) is 2. The summed E-state index contributed by atoms with van der Waals surface area (Å²) >= 11 is 1.24. The van der Waals surface area contributed by atoms with Crippen LogP contribution in [0.2, 0.25) is 0 Å². The predicted octanol–water partition coefficient (Wildman–Crippen LogP) is 0.149. The lowest BCUT2D eigenvalue weighted by Crippen LogP contribution is -2.23. The van der Waals surface area contributed by atoms with Crippen molar-refractivity contribution in [2.75, 3.05) is 5.32 Å². The van der Waals surface area contributed by atoms with Gasteiger partial charge in [-0.1, -0.05) is 11.3 Å². The zero-order chi connectivity index (χ0) is 14.8. The van der Waals surface area contributed by atoms with Crippen LogP contribution in [-0.2, 0) is 11.2 Å². The van der Waals surface area contributed by atoms with E-state index >= 15 is 0 Å². The van der Waals surface area contributed by atoms with E-state index in [2.05, 4.69) is 30.6 Å². The van der Waals surface area contributed by atoms with Crippen LogP contribution in [0.25, 0.3) is 5.78 Å². The molecule has 0 bridgehead atoms. The first-order valence-electron chi connectivity index (χ1n) is 6.13. The van der Waals surface area contributed by atoms with Crippen LogP contribution in [0.1, 0.15) is 17.7 Å². The Morgan fingerprint density at radius 2 is 2.38 bits per heavy atom. The summed E-state index contributed by atoms with van der Waals surface area (Å²) in [6.07, 6.45) is 1.86. The SMILES string of the molecule is Cc1nc2nc[nH]n2c(=O)c1CCC(=O)Nc1nncs1. The number of aryl methyl sites for hydroxylation is 1. The summed E-state index contributed by atoms with van der Waals surface area (Å²) in [5.41, 5.74) is 2.36. The quantitative estimate of drug-likeness (QED) is 0.708. The van der Waals surface area contributed by atoms with E-state index < -0.39 is 0 Å². The fourth-order valence-corrected chi connectivity index (χ4v) is 2.39. The lowest BCUT2D eigenvalue weighted by molar-refractivity contribution is -0.116. The fraction of sp³-hybridized carbons (Fsp3) is 0.273. The molecule has 0 radical (unpaired) electrons. The average Bonchev–Trinajstić information content (AvgIpc) is 3.09. The molecule has 0 aliphatic heterocycles. The van der Waals surface area contributed by atoms with Gasteiger partial charge in [0.15, 0.2) is 0 Å². The zero-order valence-electron chi connectivity index (χ0n) is 11.0. The van der Waals surface area contributed by atoms with Crippen LogP contribution < -0.4 is 10.9 Å². The minimum Gasteiger partial charge on any atom is -0.301 e. The number of carbonyl (C=O) groups is 1. The molecule has 0 aliphatic rings. The van der Waals surface area contributed by atoms with Crippen molar-refractivity contribution in [1.29, 1.82) is 0 Å². The van der Waals surface area contributed by atoms with Crippen LogP contribution in [0.4, 0.5) is 5.13 Å². The highest BCUT2D eigenvalue weighted by molar-refractivity contribution is 7.13. The number of H-pyrrole nitrogens is 1. The average molecular weight is 305 g/mol. The number of aromatic nitrogens is 6. The molecule has 0 saturated carbocycles. The summed E-state index contributed by atoms with van der Waals surface area (Å²) in [5.74, 6) is 0.0971. The van der Waals surface area contributed by atoms with E-state index in [1.54, 1.807) is 6.92 Å². The molecule has 3 aromatic rings. The molecule has 3 heterocycles. The van der Waals surface area contributed by atoms with Gasteiger partial charge in [0.05, 0.1) is 5.69 Å². The van der Waals surface area contributed by atoms with Gasteiger partial charge >= 0.3 is 0 Å². The molecule has 0 fully saturated rings. The molecule has 0 unspecified atom stereocenters. The third-order valence-corrected chi connectivity index (χ3v) is 3.55. The summed E-state index contributed by atoms with van der Waals surface area (Å²) in [6.45, 7) is 1.73. The molecule has 0 aromatic carbocycles. The van der Waals surface area contributed by atoms with Crippen LogP contribution in [-0.4, -0.2) is 35.7 Å². The van der Waals surface area contributed by atoms with Gasteiger partial charge < -0.3 is 5.32 Å². The fourth-order valence-electron chi connectivity index (χ4n) is 1.93. The van der Waals surface area contributed by atoms with Gasteiger partial charge in [-0.15, -0.1) is 10.2 Å². The lowest BCUT2D eigenvalue weighted by Gasteiger charge is -2.04. The molecule has 1 amide bonds. The minimum atomic E-state index is -0.237. The van der Waals surface area contributed by atoms with E-state index in [0.29, 0.717) is 28.6 Å². The second-order valence-electron chi connectivity index (χ2n) is 4.30. The first-order chi connectivity index (χ1) is 10.1. The van der Waals surface area contributed by atoms with Crippen molar-refractivity contribution in [3.63, 3.8) is 0 Å². The highest BCUT2D eigenvalue weighted by Crippen LogP contribution is 2.09. The molecular formula is C11H11N7O2S. The highest BCUT2D eigenvalue weighted by Gasteiger charge is 2.13. The Balaban J connectivity index is 1.76. The number of hydrogen-bond donors (Lipinski definition) is 2. The number of carbonyl (C=O) groups excluding carboxylic acids is 1. The van der Waals surface area contributed by atoms with Gasteiger partial charge in [0.25, 0.3) is 11.3 Å². The van der Waals surface area contributed by atoms with Crippen molar-refractivity contribution in [2.24, 2.45) is 0 Å². The van der Waals surface area contributed by atoms with E-state index in [9.17, 15) is 9.59 Å². The van der Waals surface area contributed by atoms with E-state index in [1.165, 1.54) is 27.7 Å². The topological polar surface area (TPSA) is 118 Å². The Hall–Kier alpha value is -2.62. The number of anilines is 1. The molecule has 0 aliphatic carbocycles. The van der Waals surface area contributed by atoms with Crippen molar-refractivity contribution < 1.29 is 4.79 Å². The van der Waals surface area contributed by atoms with Crippen LogP contribution in [0, 0.1) is 6.92 Å². The monoisotopic (exact) mass is 305 g/mol. The van der Waals surface area contributed by atoms with Crippen molar-refractivity contribution in [3.8, 4) is 0 Å². The standard InChI is InChI=1S/C11H11N7O2S/c1-6-7(9(20)18-10(15-6)12-4-14-18)2-3-8(19)16-11-17-13-5-21-11/h4-5H,2-3H2,1H3,(H,12,14,15)(H,16,17,19). The smallest absolute Gasteiger partial charge is 0.277 e. The Morgan fingerprint density at radius 3 is 3.14 bits per heavy atom.